The van der Waals surface area contributed by atoms with E-state index in [0.29, 0.717) is 18.9 Å². The van der Waals surface area contributed by atoms with Gasteiger partial charge in [0.2, 0.25) is 0 Å². The Morgan fingerprint density at radius 2 is 1.86 bits per heavy atom. The first-order valence-corrected chi connectivity index (χ1v) is 6.95. The first-order chi connectivity index (χ1) is 10.1. The second kappa shape index (κ2) is 5.66. The van der Waals surface area contributed by atoms with Crippen LogP contribution < -0.4 is 15.2 Å². The van der Waals surface area contributed by atoms with Gasteiger partial charge in [-0.1, -0.05) is 6.07 Å². The number of hydrogen-bond donors (Lipinski definition) is 1. The molecule has 1 heterocycles. The first-order valence-electron chi connectivity index (χ1n) is 6.95. The van der Waals surface area contributed by atoms with Gasteiger partial charge in [-0.05, 0) is 49.2 Å². The Hall–Kier alpha value is -2.20. The maximum atomic E-state index is 5.93. The maximum Gasteiger partial charge on any atom is 0.189 e. The Balaban J connectivity index is 1.83. The van der Waals surface area contributed by atoms with Crippen LogP contribution in [0.1, 0.15) is 22.3 Å². The van der Waals surface area contributed by atoms with Crippen molar-refractivity contribution in [1.82, 2.24) is 0 Å². The Kier molecular flexibility index (Phi) is 3.71. The van der Waals surface area contributed by atoms with Gasteiger partial charge in [-0.3, -0.25) is 0 Å². The molecule has 0 aromatic heterocycles. The van der Waals surface area contributed by atoms with Crippen LogP contribution >= 0.6 is 0 Å². The van der Waals surface area contributed by atoms with Crippen LogP contribution in [0, 0.1) is 13.8 Å². The van der Waals surface area contributed by atoms with E-state index in [1.807, 2.05) is 24.3 Å². The summed E-state index contributed by atoms with van der Waals surface area (Å²) in [5, 5.41) is 0. The zero-order chi connectivity index (χ0) is 14.8. The van der Waals surface area contributed by atoms with Crippen LogP contribution in [-0.4, -0.2) is 6.79 Å². The van der Waals surface area contributed by atoms with E-state index in [4.69, 9.17) is 19.9 Å². The molecule has 0 spiro atoms. The molecule has 21 heavy (non-hydrogen) atoms. The Bertz CT molecular complexity index is 647. The number of nitrogens with two attached hydrogens (primary N) is 1. The molecular formula is C17H19NO3. The van der Waals surface area contributed by atoms with Crippen LogP contribution in [0.3, 0.4) is 0 Å². The standard InChI is InChI=1S/C17H19NO3/c1-11-3-12(2)5-16(4-11)20-9-14-7-15(18)6-13-8-19-10-21-17(13)14/h3-7H,8-10,18H2,1-2H3. The van der Waals surface area contributed by atoms with Gasteiger partial charge in [0.25, 0.3) is 0 Å². The van der Waals surface area contributed by atoms with Crippen LogP contribution in [-0.2, 0) is 18.0 Å². The second-order valence-corrected chi connectivity index (χ2v) is 5.39. The van der Waals surface area contributed by atoms with E-state index < -0.39 is 0 Å². The van der Waals surface area contributed by atoms with Gasteiger partial charge in [0.15, 0.2) is 6.79 Å². The fourth-order valence-electron chi connectivity index (χ4n) is 2.61. The van der Waals surface area contributed by atoms with E-state index in [9.17, 15) is 0 Å². The zero-order valence-electron chi connectivity index (χ0n) is 12.3. The van der Waals surface area contributed by atoms with Crippen molar-refractivity contribution in [1.29, 1.82) is 0 Å². The van der Waals surface area contributed by atoms with Gasteiger partial charge >= 0.3 is 0 Å². The Labute approximate surface area is 124 Å². The van der Waals surface area contributed by atoms with Gasteiger partial charge in [-0.2, -0.15) is 0 Å². The monoisotopic (exact) mass is 285 g/mol. The fourth-order valence-corrected chi connectivity index (χ4v) is 2.61. The summed E-state index contributed by atoms with van der Waals surface area (Å²) in [6.07, 6.45) is 0. The van der Waals surface area contributed by atoms with Crippen molar-refractivity contribution in [2.45, 2.75) is 27.1 Å². The van der Waals surface area contributed by atoms with Gasteiger partial charge in [0, 0.05) is 16.8 Å². The van der Waals surface area contributed by atoms with E-state index in [0.717, 1.165) is 22.6 Å². The molecule has 0 amide bonds. The van der Waals surface area contributed by atoms with Crippen LogP contribution in [0.15, 0.2) is 30.3 Å². The lowest BCUT2D eigenvalue weighted by molar-refractivity contribution is -0.0175. The van der Waals surface area contributed by atoms with E-state index in [-0.39, 0.29) is 6.79 Å². The molecule has 0 aliphatic carbocycles. The molecule has 4 heteroatoms. The van der Waals surface area contributed by atoms with Crippen molar-refractivity contribution < 1.29 is 14.2 Å². The number of hydrogen-bond acceptors (Lipinski definition) is 4. The predicted molar refractivity (Wildman–Crippen MR) is 81.4 cm³/mol. The molecule has 4 nitrogen and oxygen atoms in total. The molecule has 2 aromatic carbocycles. The molecule has 110 valence electrons. The van der Waals surface area contributed by atoms with Crippen molar-refractivity contribution in [3.8, 4) is 11.5 Å². The SMILES string of the molecule is Cc1cc(C)cc(OCc2cc(N)cc3c2OCOC3)c1. The second-order valence-electron chi connectivity index (χ2n) is 5.39. The van der Waals surface area contributed by atoms with Crippen molar-refractivity contribution >= 4 is 5.69 Å². The number of anilines is 1. The molecule has 0 bridgehead atoms. The molecule has 3 rings (SSSR count). The molecule has 0 fully saturated rings. The van der Waals surface area contributed by atoms with Gasteiger partial charge in [-0.25, -0.2) is 0 Å². The Morgan fingerprint density at radius 1 is 1.10 bits per heavy atom. The minimum atomic E-state index is 0.271. The molecule has 0 radical (unpaired) electrons. The summed E-state index contributed by atoms with van der Waals surface area (Å²) >= 11 is 0. The normalized spacial score (nSPS) is 13.4. The molecule has 1 aliphatic rings. The molecule has 0 saturated heterocycles. The highest BCUT2D eigenvalue weighted by Gasteiger charge is 2.16. The average Bonchev–Trinajstić information content (AvgIpc) is 2.43. The van der Waals surface area contributed by atoms with Crippen LogP contribution in [0.5, 0.6) is 11.5 Å². The van der Waals surface area contributed by atoms with Crippen molar-refractivity contribution in [2.75, 3.05) is 12.5 Å². The summed E-state index contributed by atoms with van der Waals surface area (Å²) in [6.45, 7) is 5.34. The molecule has 2 N–H and O–H groups in total. The molecule has 0 saturated carbocycles. The number of fused-ring (bicyclic) bond motifs is 1. The lowest BCUT2D eigenvalue weighted by atomic mass is 10.1. The summed E-state index contributed by atoms with van der Waals surface area (Å²) in [7, 11) is 0. The van der Waals surface area contributed by atoms with E-state index in [1.54, 1.807) is 0 Å². The quantitative estimate of drug-likeness (QED) is 0.879. The summed E-state index contributed by atoms with van der Waals surface area (Å²) in [4.78, 5) is 0. The van der Waals surface area contributed by atoms with Gasteiger partial charge in [0.1, 0.15) is 18.1 Å². The number of nitrogen functional groups attached to an aromatic ring is 1. The minimum Gasteiger partial charge on any atom is -0.489 e. The number of aryl methyl sites for hydroxylation is 2. The zero-order valence-corrected chi connectivity index (χ0v) is 12.3. The van der Waals surface area contributed by atoms with Crippen molar-refractivity contribution in [3.05, 3.63) is 52.6 Å². The smallest absolute Gasteiger partial charge is 0.189 e. The molecule has 1 aliphatic heterocycles. The number of ether oxygens (including phenoxy) is 3. The van der Waals surface area contributed by atoms with Gasteiger partial charge in [0.05, 0.1) is 6.61 Å². The first kappa shape index (κ1) is 13.8. The van der Waals surface area contributed by atoms with Crippen LogP contribution in [0.2, 0.25) is 0 Å². The molecular weight excluding hydrogens is 266 g/mol. The predicted octanol–water partition coefficient (Wildman–Crippen LogP) is 3.33. The number of rotatable bonds is 3. The maximum absolute atomic E-state index is 5.93. The van der Waals surface area contributed by atoms with Crippen LogP contribution in [0.4, 0.5) is 5.69 Å². The molecule has 0 unspecified atom stereocenters. The summed E-state index contributed by atoms with van der Waals surface area (Å²) < 4.78 is 16.8. The van der Waals surface area contributed by atoms with Crippen molar-refractivity contribution in [2.24, 2.45) is 0 Å². The highest BCUT2D eigenvalue weighted by atomic mass is 16.7. The average molecular weight is 285 g/mol. The van der Waals surface area contributed by atoms with E-state index in [2.05, 4.69) is 19.9 Å². The lowest BCUT2D eigenvalue weighted by Crippen LogP contribution is -2.14. The highest BCUT2D eigenvalue weighted by Crippen LogP contribution is 2.31. The lowest BCUT2D eigenvalue weighted by Gasteiger charge is -2.21. The summed E-state index contributed by atoms with van der Waals surface area (Å²) in [6, 6.07) is 9.95. The van der Waals surface area contributed by atoms with Crippen LogP contribution in [0.25, 0.3) is 0 Å². The topological polar surface area (TPSA) is 53.7 Å². The van der Waals surface area contributed by atoms with Gasteiger partial charge < -0.3 is 19.9 Å². The largest absolute Gasteiger partial charge is 0.489 e. The van der Waals surface area contributed by atoms with E-state index in [1.165, 1.54) is 11.1 Å². The third-order valence-corrected chi connectivity index (χ3v) is 3.40. The summed E-state index contributed by atoms with van der Waals surface area (Å²) in [5.41, 5.74) is 10.9. The fraction of sp³-hybridized carbons (Fsp3) is 0.294. The van der Waals surface area contributed by atoms with Gasteiger partial charge in [-0.15, -0.1) is 0 Å². The Morgan fingerprint density at radius 3 is 2.62 bits per heavy atom. The van der Waals surface area contributed by atoms with E-state index >= 15 is 0 Å². The molecule has 0 atom stereocenters. The third-order valence-electron chi connectivity index (χ3n) is 3.40. The molecule has 2 aromatic rings. The van der Waals surface area contributed by atoms with Crippen molar-refractivity contribution in [3.63, 3.8) is 0 Å². The number of benzene rings is 2. The third kappa shape index (κ3) is 3.11. The highest BCUT2D eigenvalue weighted by molar-refractivity contribution is 5.53. The minimum absolute atomic E-state index is 0.271. The summed E-state index contributed by atoms with van der Waals surface area (Å²) in [5.74, 6) is 1.69.